The van der Waals surface area contributed by atoms with Crippen molar-refractivity contribution in [1.29, 1.82) is 0 Å². The minimum atomic E-state index is 0.535. The molecular formula is C12H8Cl2N2. The van der Waals surface area contributed by atoms with E-state index in [1.165, 1.54) is 0 Å². The minimum absolute atomic E-state index is 0.535. The first kappa shape index (κ1) is 9.94. The molecule has 2 aromatic heterocycles. The van der Waals surface area contributed by atoms with E-state index in [-0.39, 0.29) is 0 Å². The van der Waals surface area contributed by atoms with Crippen molar-refractivity contribution in [2.45, 2.75) is 6.92 Å². The van der Waals surface area contributed by atoms with E-state index in [4.69, 9.17) is 23.2 Å². The summed E-state index contributed by atoms with van der Waals surface area (Å²) < 4.78 is 2.07. The molecule has 0 aliphatic carbocycles. The fourth-order valence-corrected chi connectivity index (χ4v) is 2.25. The topological polar surface area (TPSA) is 17.3 Å². The quantitative estimate of drug-likeness (QED) is 0.587. The predicted molar refractivity (Wildman–Crippen MR) is 67.5 cm³/mol. The van der Waals surface area contributed by atoms with Gasteiger partial charge in [-0.1, -0.05) is 23.2 Å². The molecule has 80 valence electrons. The fourth-order valence-electron chi connectivity index (χ4n) is 1.93. The number of nitrogens with zero attached hydrogens (tertiary/aromatic N) is 2. The zero-order valence-corrected chi connectivity index (χ0v) is 10.0. The van der Waals surface area contributed by atoms with Gasteiger partial charge in [0.2, 0.25) is 0 Å². The molecule has 0 fully saturated rings. The minimum Gasteiger partial charge on any atom is -0.313 e. The number of aryl methyl sites for hydroxylation is 1. The summed E-state index contributed by atoms with van der Waals surface area (Å²) in [6.07, 6.45) is 2.00. The Morgan fingerprint density at radius 1 is 1.12 bits per heavy atom. The van der Waals surface area contributed by atoms with Crippen LogP contribution in [0.25, 0.3) is 16.6 Å². The molecule has 0 aliphatic heterocycles. The van der Waals surface area contributed by atoms with Crippen LogP contribution < -0.4 is 0 Å². The second-order valence-corrected chi connectivity index (χ2v) is 4.53. The molecule has 0 saturated carbocycles. The van der Waals surface area contributed by atoms with Gasteiger partial charge in [-0.25, -0.2) is 4.98 Å². The maximum absolute atomic E-state index is 6.02. The van der Waals surface area contributed by atoms with Crippen LogP contribution in [0.15, 0.2) is 30.5 Å². The molecule has 3 rings (SSSR count). The van der Waals surface area contributed by atoms with E-state index in [0.717, 1.165) is 22.2 Å². The Hall–Kier alpha value is -1.25. The average molecular weight is 251 g/mol. The molecule has 0 saturated heterocycles. The highest BCUT2D eigenvalue weighted by molar-refractivity contribution is 6.42. The lowest BCUT2D eigenvalue weighted by molar-refractivity contribution is 1.17. The molecular weight excluding hydrogens is 243 g/mol. The molecule has 0 spiro atoms. The molecule has 0 aliphatic rings. The molecule has 1 aromatic carbocycles. The van der Waals surface area contributed by atoms with E-state index < -0.39 is 0 Å². The van der Waals surface area contributed by atoms with Crippen molar-refractivity contribution < 1.29 is 0 Å². The van der Waals surface area contributed by atoms with Crippen LogP contribution in [0.4, 0.5) is 0 Å². The summed E-state index contributed by atoms with van der Waals surface area (Å²) in [6, 6.07) is 7.67. The van der Waals surface area contributed by atoms with Crippen LogP contribution in [0.1, 0.15) is 5.69 Å². The Morgan fingerprint density at radius 2 is 1.88 bits per heavy atom. The first-order valence-corrected chi connectivity index (χ1v) is 5.65. The molecule has 2 nitrogen and oxygen atoms in total. The van der Waals surface area contributed by atoms with Gasteiger partial charge < -0.3 is 4.40 Å². The largest absolute Gasteiger partial charge is 0.313 e. The van der Waals surface area contributed by atoms with E-state index in [9.17, 15) is 0 Å². The maximum Gasteiger partial charge on any atom is 0.0889 e. The zero-order chi connectivity index (χ0) is 11.3. The Balaban J connectivity index is 2.59. The summed E-state index contributed by atoms with van der Waals surface area (Å²) in [5.41, 5.74) is 3.90. The van der Waals surface area contributed by atoms with Crippen molar-refractivity contribution in [3.05, 3.63) is 46.2 Å². The summed E-state index contributed by atoms with van der Waals surface area (Å²) >= 11 is 12.0. The third kappa shape index (κ3) is 1.30. The van der Waals surface area contributed by atoms with Crippen LogP contribution in [-0.4, -0.2) is 9.38 Å². The van der Waals surface area contributed by atoms with Crippen molar-refractivity contribution in [2.75, 3.05) is 0 Å². The smallest absolute Gasteiger partial charge is 0.0889 e. The molecule has 0 atom stereocenters. The summed E-state index contributed by atoms with van der Waals surface area (Å²) in [4.78, 5) is 4.51. The molecule has 16 heavy (non-hydrogen) atoms. The van der Waals surface area contributed by atoms with Gasteiger partial charge in [0.15, 0.2) is 0 Å². The first-order valence-electron chi connectivity index (χ1n) is 4.89. The van der Waals surface area contributed by atoms with Gasteiger partial charge in [0, 0.05) is 6.20 Å². The molecule has 0 unspecified atom stereocenters. The Morgan fingerprint density at radius 3 is 2.69 bits per heavy atom. The monoisotopic (exact) mass is 250 g/mol. The van der Waals surface area contributed by atoms with Crippen LogP contribution in [0, 0.1) is 6.92 Å². The summed E-state index contributed by atoms with van der Waals surface area (Å²) in [5.74, 6) is 0. The standard InChI is InChI=1S/C12H8Cl2N2/c1-7-11-3-2-4-16(11)12-6-9(14)8(13)5-10(12)15-7/h2-6H,1H3. The van der Waals surface area contributed by atoms with E-state index >= 15 is 0 Å². The number of fused-ring (bicyclic) bond motifs is 3. The Labute approximate surface area is 102 Å². The molecule has 4 heteroatoms. The second-order valence-electron chi connectivity index (χ2n) is 3.72. The van der Waals surface area contributed by atoms with Crippen LogP contribution in [-0.2, 0) is 0 Å². The Kier molecular flexibility index (Phi) is 2.09. The lowest BCUT2D eigenvalue weighted by Crippen LogP contribution is -1.93. The summed E-state index contributed by atoms with van der Waals surface area (Å²) in [5, 5.41) is 1.09. The third-order valence-corrected chi connectivity index (χ3v) is 3.41. The van der Waals surface area contributed by atoms with Crippen molar-refractivity contribution in [2.24, 2.45) is 0 Å². The molecule has 0 N–H and O–H groups in total. The number of rotatable bonds is 0. The van der Waals surface area contributed by atoms with Crippen molar-refractivity contribution in [1.82, 2.24) is 9.38 Å². The van der Waals surface area contributed by atoms with Gasteiger partial charge in [0.05, 0.1) is 32.3 Å². The van der Waals surface area contributed by atoms with Gasteiger partial charge in [-0.2, -0.15) is 0 Å². The molecule has 0 bridgehead atoms. The number of hydrogen-bond acceptors (Lipinski definition) is 1. The normalized spacial score (nSPS) is 11.4. The van der Waals surface area contributed by atoms with Crippen LogP contribution in [0.2, 0.25) is 10.0 Å². The molecule has 3 aromatic rings. The number of aromatic nitrogens is 2. The van der Waals surface area contributed by atoms with Crippen LogP contribution >= 0.6 is 23.2 Å². The van der Waals surface area contributed by atoms with Gasteiger partial charge in [0.25, 0.3) is 0 Å². The van der Waals surface area contributed by atoms with Gasteiger partial charge in [0.1, 0.15) is 0 Å². The van der Waals surface area contributed by atoms with Crippen molar-refractivity contribution in [3.8, 4) is 0 Å². The highest BCUT2D eigenvalue weighted by Crippen LogP contribution is 2.28. The van der Waals surface area contributed by atoms with Gasteiger partial charge >= 0.3 is 0 Å². The number of halogens is 2. The molecule has 2 heterocycles. The van der Waals surface area contributed by atoms with Crippen LogP contribution in [0.3, 0.4) is 0 Å². The first-order chi connectivity index (χ1) is 7.66. The number of benzene rings is 1. The Bertz CT molecular complexity index is 701. The summed E-state index contributed by atoms with van der Waals surface area (Å²) in [7, 11) is 0. The highest BCUT2D eigenvalue weighted by Gasteiger charge is 2.07. The van der Waals surface area contributed by atoms with Gasteiger partial charge in [-0.15, -0.1) is 0 Å². The average Bonchev–Trinajstić information content (AvgIpc) is 2.71. The van der Waals surface area contributed by atoms with Crippen molar-refractivity contribution >= 4 is 39.8 Å². The summed E-state index contributed by atoms with van der Waals surface area (Å²) in [6.45, 7) is 1.98. The van der Waals surface area contributed by atoms with Gasteiger partial charge in [-0.3, -0.25) is 0 Å². The van der Waals surface area contributed by atoms with Gasteiger partial charge in [-0.05, 0) is 31.2 Å². The molecule has 0 radical (unpaired) electrons. The maximum atomic E-state index is 6.02. The van der Waals surface area contributed by atoms with E-state index in [2.05, 4.69) is 9.38 Å². The molecule has 0 amide bonds. The van der Waals surface area contributed by atoms with E-state index in [1.54, 1.807) is 6.07 Å². The van der Waals surface area contributed by atoms with E-state index in [1.807, 2.05) is 31.3 Å². The SMILES string of the molecule is Cc1nc2cc(Cl)c(Cl)cc2n2cccc12. The predicted octanol–water partition coefficient (Wildman–Crippen LogP) is 4.10. The lowest BCUT2D eigenvalue weighted by atomic mass is 10.2. The van der Waals surface area contributed by atoms with Crippen molar-refractivity contribution in [3.63, 3.8) is 0 Å². The van der Waals surface area contributed by atoms with Crippen LogP contribution in [0.5, 0.6) is 0 Å². The highest BCUT2D eigenvalue weighted by atomic mass is 35.5. The fraction of sp³-hybridized carbons (Fsp3) is 0.0833. The number of hydrogen-bond donors (Lipinski definition) is 0. The zero-order valence-electron chi connectivity index (χ0n) is 8.54. The lowest BCUT2D eigenvalue weighted by Gasteiger charge is -2.06. The van der Waals surface area contributed by atoms with E-state index in [0.29, 0.717) is 10.0 Å². The third-order valence-electron chi connectivity index (χ3n) is 2.68. The second kappa shape index (κ2) is 3.37.